The maximum atomic E-state index is 12.4. The smallest absolute Gasteiger partial charge is 0.277 e. The third-order valence-electron chi connectivity index (χ3n) is 4.47. The fourth-order valence-electron chi connectivity index (χ4n) is 3.21. The summed E-state index contributed by atoms with van der Waals surface area (Å²) in [7, 11) is 0. The molecular weight excluding hydrogens is 326 g/mol. The molecule has 0 aromatic carbocycles. The van der Waals surface area contributed by atoms with Crippen LogP contribution >= 0.6 is 11.3 Å². The van der Waals surface area contributed by atoms with Crippen LogP contribution in [0.2, 0.25) is 0 Å². The monoisotopic (exact) mass is 345 g/mol. The fraction of sp³-hybridized carbons (Fsp3) is 0.500. The Balaban J connectivity index is 1.46. The van der Waals surface area contributed by atoms with E-state index in [9.17, 15) is 9.59 Å². The lowest BCUT2D eigenvalue weighted by Crippen LogP contribution is -2.32. The third kappa shape index (κ3) is 2.99. The maximum Gasteiger partial charge on any atom is 0.277 e. The summed E-state index contributed by atoms with van der Waals surface area (Å²) in [6.45, 7) is 1.92. The van der Waals surface area contributed by atoms with Crippen molar-refractivity contribution in [3.05, 3.63) is 28.5 Å². The van der Waals surface area contributed by atoms with E-state index in [-0.39, 0.29) is 11.7 Å². The number of nitrogens with zero attached hydrogens (tertiary/aromatic N) is 3. The zero-order valence-electron chi connectivity index (χ0n) is 13.2. The molecule has 0 radical (unpaired) electrons. The second-order valence-corrected chi connectivity index (χ2v) is 7.21. The van der Waals surface area contributed by atoms with Gasteiger partial charge in [-0.25, -0.2) is 4.98 Å². The number of carbonyl (C=O) groups excluding carboxylic acids is 2. The number of anilines is 1. The predicted molar refractivity (Wildman–Crippen MR) is 90.7 cm³/mol. The summed E-state index contributed by atoms with van der Waals surface area (Å²) in [4.78, 5) is 29.3. The van der Waals surface area contributed by atoms with E-state index in [2.05, 4.69) is 20.7 Å². The van der Waals surface area contributed by atoms with Gasteiger partial charge in [-0.05, 0) is 38.3 Å². The molecule has 1 aliphatic heterocycles. The average Bonchev–Trinajstić information content (AvgIpc) is 3.23. The van der Waals surface area contributed by atoms with Gasteiger partial charge < -0.3 is 5.32 Å². The van der Waals surface area contributed by atoms with Gasteiger partial charge in [0, 0.05) is 19.2 Å². The van der Waals surface area contributed by atoms with E-state index in [4.69, 9.17) is 0 Å². The van der Waals surface area contributed by atoms with Crippen molar-refractivity contribution in [2.75, 3.05) is 18.4 Å². The molecule has 1 unspecified atom stereocenters. The van der Waals surface area contributed by atoms with Crippen LogP contribution in [0.25, 0.3) is 0 Å². The fourth-order valence-corrected chi connectivity index (χ4v) is 4.18. The van der Waals surface area contributed by atoms with Crippen LogP contribution in [-0.4, -0.2) is 39.5 Å². The van der Waals surface area contributed by atoms with E-state index >= 15 is 0 Å². The molecule has 1 fully saturated rings. The second kappa shape index (κ2) is 6.45. The number of thiazole rings is 1. The largest absolute Gasteiger partial charge is 0.315 e. The molecule has 7 nitrogen and oxygen atoms in total. The molecule has 1 saturated heterocycles. The number of carbonyl (C=O) groups is 2. The van der Waals surface area contributed by atoms with Crippen molar-refractivity contribution in [1.82, 2.24) is 20.1 Å². The molecule has 126 valence electrons. The Morgan fingerprint density at radius 1 is 1.38 bits per heavy atom. The molecule has 1 atom stereocenters. The predicted octanol–water partition coefficient (Wildman–Crippen LogP) is 2.04. The number of Topliss-reactive ketones (excluding diaryl/α,β-unsaturated/α-hetero) is 1. The molecule has 2 aromatic heterocycles. The molecule has 1 amide bonds. The van der Waals surface area contributed by atoms with E-state index in [1.807, 2.05) is 10.9 Å². The summed E-state index contributed by atoms with van der Waals surface area (Å²) < 4.78 is 1.86. The van der Waals surface area contributed by atoms with Gasteiger partial charge in [-0.3, -0.25) is 19.6 Å². The van der Waals surface area contributed by atoms with Crippen LogP contribution in [0, 0.1) is 0 Å². The van der Waals surface area contributed by atoms with Gasteiger partial charge in [-0.2, -0.15) is 5.10 Å². The molecule has 8 heteroatoms. The quantitative estimate of drug-likeness (QED) is 0.888. The van der Waals surface area contributed by atoms with Gasteiger partial charge in [-0.1, -0.05) is 11.3 Å². The van der Waals surface area contributed by atoms with Crippen molar-refractivity contribution in [3.8, 4) is 0 Å². The first-order valence-corrected chi connectivity index (χ1v) is 9.12. The van der Waals surface area contributed by atoms with Crippen molar-refractivity contribution in [2.45, 2.75) is 38.1 Å². The highest BCUT2D eigenvalue weighted by Gasteiger charge is 2.23. The zero-order valence-corrected chi connectivity index (χ0v) is 14.1. The molecular formula is C16H19N5O2S. The molecule has 1 aliphatic carbocycles. The van der Waals surface area contributed by atoms with E-state index < -0.39 is 0 Å². The van der Waals surface area contributed by atoms with Gasteiger partial charge >= 0.3 is 0 Å². The molecule has 0 bridgehead atoms. The van der Waals surface area contributed by atoms with Crippen LogP contribution in [0.5, 0.6) is 0 Å². The Kier molecular flexibility index (Phi) is 4.15. The second-order valence-electron chi connectivity index (χ2n) is 6.21. The minimum absolute atomic E-state index is 0.128. The molecule has 2 aliphatic rings. The van der Waals surface area contributed by atoms with Crippen molar-refractivity contribution >= 4 is 28.2 Å². The lowest BCUT2D eigenvalue weighted by Gasteiger charge is -2.22. The summed E-state index contributed by atoms with van der Waals surface area (Å²) in [5, 5.41) is 11.0. The van der Waals surface area contributed by atoms with Gasteiger partial charge in [0.2, 0.25) is 0 Å². The summed E-state index contributed by atoms with van der Waals surface area (Å²) in [5.74, 6) is -0.153. The van der Waals surface area contributed by atoms with Crippen LogP contribution in [0.4, 0.5) is 5.13 Å². The van der Waals surface area contributed by atoms with Crippen LogP contribution in [0.3, 0.4) is 0 Å². The van der Waals surface area contributed by atoms with Gasteiger partial charge in [0.05, 0.1) is 16.6 Å². The standard InChI is InChI=1S/C16H19N5O2S/c22-13-5-1-4-11-14(13)24-16(18-11)19-15(23)12-6-8-21(20-12)10-3-2-7-17-9-10/h6,8,10,17H,1-5,7,9H2,(H,18,19,23). The van der Waals surface area contributed by atoms with Gasteiger partial charge in [-0.15, -0.1) is 0 Å². The first kappa shape index (κ1) is 15.5. The van der Waals surface area contributed by atoms with E-state index in [1.54, 1.807) is 6.07 Å². The Morgan fingerprint density at radius 3 is 3.08 bits per heavy atom. The Labute approximate surface area is 143 Å². The van der Waals surface area contributed by atoms with Gasteiger partial charge in [0.15, 0.2) is 16.6 Å². The van der Waals surface area contributed by atoms with Crippen LogP contribution in [-0.2, 0) is 6.42 Å². The molecule has 2 N–H and O–H groups in total. The number of ketones is 1. The number of amides is 1. The highest BCUT2D eigenvalue weighted by molar-refractivity contribution is 7.17. The Bertz CT molecular complexity index is 775. The van der Waals surface area contributed by atoms with E-state index in [0.29, 0.717) is 28.2 Å². The molecule has 2 aromatic rings. The van der Waals surface area contributed by atoms with Crippen molar-refractivity contribution < 1.29 is 9.59 Å². The molecule has 4 rings (SSSR count). The number of hydrogen-bond acceptors (Lipinski definition) is 6. The number of piperidine rings is 1. The van der Waals surface area contributed by atoms with Crippen LogP contribution < -0.4 is 10.6 Å². The number of aromatic nitrogens is 3. The van der Waals surface area contributed by atoms with Crippen LogP contribution in [0.15, 0.2) is 12.3 Å². The van der Waals surface area contributed by atoms with Gasteiger partial charge in [0.1, 0.15) is 0 Å². The van der Waals surface area contributed by atoms with Crippen LogP contribution in [0.1, 0.15) is 57.6 Å². The number of aryl methyl sites for hydroxylation is 1. The minimum Gasteiger partial charge on any atom is -0.315 e. The lowest BCUT2D eigenvalue weighted by molar-refractivity contribution is 0.0975. The lowest BCUT2D eigenvalue weighted by atomic mass is 10.0. The topological polar surface area (TPSA) is 88.9 Å². The molecule has 24 heavy (non-hydrogen) atoms. The number of nitrogens with one attached hydrogen (secondary N) is 2. The van der Waals surface area contributed by atoms with E-state index in [0.717, 1.165) is 44.5 Å². The average molecular weight is 345 g/mol. The number of hydrogen-bond donors (Lipinski definition) is 2. The Morgan fingerprint density at radius 2 is 2.29 bits per heavy atom. The van der Waals surface area contributed by atoms with E-state index in [1.165, 1.54) is 11.3 Å². The Hall–Kier alpha value is -2.06. The summed E-state index contributed by atoms with van der Waals surface area (Å²) in [6, 6.07) is 2.02. The summed E-state index contributed by atoms with van der Waals surface area (Å²) >= 11 is 1.26. The van der Waals surface area contributed by atoms with Crippen molar-refractivity contribution in [2.24, 2.45) is 0 Å². The summed E-state index contributed by atoms with van der Waals surface area (Å²) in [6.07, 6.45) is 6.24. The van der Waals surface area contributed by atoms with Crippen molar-refractivity contribution in [1.29, 1.82) is 0 Å². The number of rotatable bonds is 3. The van der Waals surface area contributed by atoms with Crippen molar-refractivity contribution in [3.63, 3.8) is 0 Å². The normalized spacial score (nSPS) is 20.7. The minimum atomic E-state index is -0.281. The third-order valence-corrected chi connectivity index (χ3v) is 5.53. The molecule has 3 heterocycles. The first-order chi connectivity index (χ1) is 11.7. The molecule has 0 spiro atoms. The number of fused-ring (bicyclic) bond motifs is 1. The van der Waals surface area contributed by atoms with Gasteiger partial charge in [0.25, 0.3) is 5.91 Å². The molecule has 0 saturated carbocycles. The highest BCUT2D eigenvalue weighted by atomic mass is 32.1. The maximum absolute atomic E-state index is 12.4. The SMILES string of the molecule is O=C(Nc1nc2c(s1)C(=O)CCC2)c1ccn(C2CCCNC2)n1. The summed E-state index contributed by atoms with van der Waals surface area (Å²) in [5.41, 5.74) is 1.19. The zero-order chi connectivity index (χ0) is 16.5. The first-order valence-electron chi connectivity index (χ1n) is 8.31. The highest BCUT2D eigenvalue weighted by Crippen LogP contribution is 2.29.